The average molecular weight is 124 g/mol. The molecular weight excluding hydrogens is 108 g/mol. The first kappa shape index (κ1) is 8.48. The molecule has 0 heterocycles. The van der Waals surface area contributed by atoms with E-state index in [1.54, 1.807) is 0 Å². The van der Waals surface area contributed by atoms with Crippen molar-refractivity contribution in [2.75, 3.05) is 0 Å². The highest BCUT2D eigenvalue weighted by molar-refractivity contribution is 5.14. The van der Waals surface area contributed by atoms with Crippen LogP contribution in [-0.2, 0) is 0 Å². The lowest BCUT2D eigenvalue weighted by Gasteiger charge is -2.14. The van der Waals surface area contributed by atoms with Gasteiger partial charge in [0.05, 0.1) is 0 Å². The summed E-state index contributed by atoms with van der Waals surface area (Å²) in [7, 11) is 0. The Morgan fingerprint density at radius 2 is 1.78 bits per heavy atom. The molecule has 0 aromatic rings. The van der Waals surface area contributed by atoms with Crippen molar-refractivity contribution in [3.8, 4) is 0 Å². The van der Waals surface area contributed by atoms with Gasteiger partial charge in [0.25, 0.3) is 0 Å². The number of hydrogen-bond acceptors (Lipinski definition) is 0. The summed E-state index contributed by atoms with van der Waals surface area (Å²) >= 11 is 0. The fourth-order valence-corrected chi connectivity index (χ4v) is 0.614. The van der Waals surface area contributed by atoms with E-state index < -0.39 is 0 Å². The summed E-state index contributed by atoms with van der Waals surface area (Å²) in [4.78, 5) is 0. The van der Waals surface area contributed by atoms with Crippen LogP contribution in [0.25, 0.3) is 0 Å². The van der Waals surface area contributed by atoms with E-state index in [4.69, 9.17) is 0 Å². The van der Waals surface area contributed by atoms with Crippen LogP contribution in [0.5, 0.6) is 0 Å². The Morgan fingerprint density at radius 1 is 1.33 bits per heavy atom. The van der Waals surface area contributed by atoms with E-state index in [9.17, 15) is 0 Å². The lowest BCUT2D eigenvalue weighted by Crippen LogP contribution is -2.04. The number of rotatable bonds is 3. The van der Waals surface area contributed by atoms with Gasteiger partial charge in [0, 0.05) is 0 Å². The highest BCUT2D eigenvalue weighted by Gasteiger charge is 2.06. The van der Waals surface area contributed by atoms with Crippen molar-refractivity contribution >= 4 is 0 Å². The Kier molecular flexibility index (Phi) is 3.29. The van der Waals surface area contributed by atoms with E-state index in [0.717, 1.165) is 5.57 Å². The molecule has 0 heteroatoms. The summed E-state index contributed by atoms with van der Waals surface area (Å²) < 4.78 is 0. The monoisotopic (exact) mass is 124 g/mol. The molecule has 0 spiro atoms. The molecule has 0 saturated carbocycles. The van der Waals surface area contributed by atoms with Crippen molar-refractivity contribution < 1.29 is 0 Å². The zero-order chi connectivity index (χ0) is 7.44. The molecule has 0 bridgehead atoms. The van der Waals surface area contributed by atoms with Gasteiger partial charge in [0.2, 0.25) is 0 Å². The average Bonchev–Trinajstić information content (AvgIpc) is 1.84. The Morgan fingerprint density at radius 3 is 1.89 bits per heavy atom. The van der Waals surface area contributed by atoms with Gasteiger partial charge in [-0.25, -0.2) is 0 Å². The first-order valence-electron chi connectivity index (χ1n) is 3.40. The second-order valence-electron chi connectivity index (χ2n) is 2.81. The third-order valence-electron chi connectivity index (χ3n) is 1.85. The highest BCUT2D eigenvalue weighted by Crippen LogP contribution is 2.17. The molecule has 0 aromatic carbocycles. The topological polar surface area (TPSA) is 0 Å². The van der Waals surface area contributed by atoms with Crippen LogP contribution in [0.15, 0.2) is 24.8 Å². The Balaban J connectivity index is 3.87. The van der Waals surface area contributed by atoms with Crippen LogP contribution in [0.2, 0.25) is 0 Å². The van der Waals surface area contributed by atoms with Crippen molar-refractivity contribution in [3.63, 3.8) is 0 Å². The van der Waals surface area contributed by atoms with Gasteiger partial charge in [-0.3, -0.25) is 0 Å². The summed E-state index contributed by atoms with van der Waals surface area (Å²) in [5.41, 5.74) is 1.14. The molecule has 52 valence electrons. The molecule has 0 fully saturated rings. The van der Waals surface area contributed by atoms with Crippen LogP contribution in [0.3, 0.4) is 0 Å². The second kappa shape index (κ2) is 3.49. The molecular formula is C9H16. The molecule has 0 saturated heterocycles. The molecule has 9 heavy (non-hydrogen) atoms. The maximum absolute atomic E-state index is 3.88. The van der Waals surface area contributed by atoms with E-state index >= 15 is 0 Å². The maximum atomic E-state index is 3.88. The molecule has 1 unspecified atom stereocenters. The molecule has 1 atom stereocenters. The summed E-state index contributed by atoms with van der Waals surface area (Å²) in [5, 5.41) is 0. The highest BCUT2D eigenvalue weighted by atomic mass is 14.1. The third-order valence-corrected chi connectivity index (χ3v) is 1.85. The standard InChI is InChI=1S/C9H16/c1-6-8(4)9(5)7(2)3/h6-7,9H,1,4H2,2-3,5H3. The van der Waals surface area contributed by atoms with E-state index in [1.807, 2.05) is 6.08 Å². The summed E-state index contributed by atoms with van der Waals surface area (Å²) in [6.07, 6.45) is 1.84. The number of hydrogen-bond donors (Lipinski definition) is 0. The van der Waals surface area contributed by atoms with E-state index in [-0.39, 0.29) is 0 Å². The normalized spacial score (nSPS) is 13.3. The Hall–Kier alpha value is -0.520. The van der Waals surface area contributed by atoms with Gasteiger partial charge in [-0.2, -0.15) is 0 Å². The third kappa shape index (κ3) is 2.50. The van der Waals surface area contributed by atoms with Crippen LogP contribution in [0.4, 0.5) is 0 Å². The first-order valence-corrected chi connectivity index (χ1v) is 3.40. The molecule has 0 amide bonds. The van der Waals surface area contributed by atoms with Crippen molar-refractivity contribution in [1.82, 2.24) is 0 Å². The summed E-state index contributed by atoms with van der Waals surface area (Å²) in [6, 6.07) is 0. The molecule has 0 aromatic heterocycles. The van der Waals surface area contributed by atoms with Gasteiger partial charge >= 0.3 is 0 Å². The first-order chi connectivity index (χ1) is 4.09. The summed E-state index contributed by atoms with van der Waals surface area (Å²) in [6.45, 7) is 14.1. The van der Waals surface area contributed by atoms with Crippen LogP contribution < -0.4 is 0 Å². The van der Waals surface area contributed by atoms with Crippen LogP contribution >= 0.6 is 0 Å². The van der Waals surface area contributed by atoms with Crippen molar-refractivity contribution in [2.45, 2.75) is 20.8 Å². The van der Waals surface area contributed by atoms with Crippen LogP contribution in [-0.4, -0.2) is 0 Å². The fourth-order valence-electron chi connectivity index (χ4n) is 0.614. The van der Waals surface area contributed by atoms with Crippen LogP contribution in [0.1, 0.15) is 20.8 Å². The lowest BCUT2D eigenvalue weighted by molar-refractivity contribution is 0.489. The minimum absolute atomic E-state index is 0.572. The molecule has 0 aliphatic carbocycles. The van der Waals surface area contributed by atoms with Crippen molar-refractivity contribution in [1.29, 1.82) is 0 Å². The zero-order valence-electron chi connectivity index (χ0n) is 6.65. The van der Waals surface area contributed by atoms with Gasteiger partial charge < -0.3 is 0 Å². The van der Waals surface area contributed by atoms with Crippen molar-refractivity contribution in [2.24, 2.45) is 11.8 Å². The van der Waals surface area contributed by atoms with Gasteiger partial charge in [0.1, 0.15) is 0 Å². The van der Waals surface area contributed by atoms with E-state index in [1.165, 1.54) is 0 Å². The maximum Gasteiger partial charge on any atom is -0.0173 e. The predicted molar refractivity (Wildman–Crippen MR) is 43.3 cm³/mol. The van der Waals surface area contributed by atoms with Gasteiger partial charge in [-0.05, 0) is 11.8 Å². The van der Waals surface area contributed by atoms with Crippen LogP contribution in [0, 0.1) is 11.8 Å². The van der Waals surface area contributed by atoms with E-state index in [0.29, 0.717) is 11.8 Å². The molecule has 0 nitrogen and oxygen atoms in total. The number of allylic oxidation sites excluding steroid dienone is 2. The largest absolute Gasteiger partial charge is 0.0988 e. The Labute approximate surface area is 58.3 Å². The lowest BCUT2D eigenvalue weighted by atomic mass is 9.91. The molecule has 0 rings (SSSR count). The van der Waals surface area contributed by atoms with Crippen molar-refractivity contribution in [3.05, 3.63) is 24.8 Å². The fraction of sp³-hybridized carbons (Fsp3) is 0.556. The smallest absolute Gasteiger partial charge is 0.0173 e. The summed E-state index contributed by atoms with van der Waals surface area (Å²) in [5.74, 6) is 1.25. The molecule has 0 aliphatic heterocycles. The predicted octanol–water partition coefficient (Wildman–Crippen LogP) is 3.02. The quantitative estimate of drug-likeness (QED) is 0.507. The minimum atomic E-state index is 0.572. The van der Waals surface area contributed by atoms with E-state index in [2.05, 4.69) is 33.9 Å². The zero-order valence-corrected chi connectivity index (χ0v) is 6.65. The molecule has 0 N–H and O–H groups in total. The van der Waals surface area contributed by atoms with Gasteiger partial charge in [0.15, 0.2) is 0 Å². The molecule has 0 aliphatic rings. The minimum Gasteiger partial charge on any atom is -0.0988 e. The molecule has 0 radical (unpaired) electrons. The second-order valence-corrected chi connectivity index (χ2v) is 2.81. The SMILES string of the molecule is C=CC(=C)C(C)C(C)C. The van der Waals surface area contributed by atoms with Gasteiger partial charge in [-0.15, -0.1) is 0 Å². The Bertz CT molecular complexity index is 109. The van der Waals surface area contributed by atoms with Gasteiger partial charge in [-0.1, -0.05) is 45.6 Å².